The molecule has 0 unspecified atom stereocenters. The highest BCUT2D eigenvalue weighted by Crippen LogP contribution is 2.33. The first-order valence-corrected chi connectivity index (χ1v) is 9.14. The maximum atomic E-state index is 12.3. The van der Waals surface area contributed by atoms with Crippen LogP contribution in [0.2, 0.25) is 0 Å². The third-order valence-electron chi connectivity index (χ3n) is 3.93. The van der Waals surface area contributed by atoms with Crippen molar-refractivity contribution >= 4 is 55.0 Å². The van der Waals surface area contributed by atoms with Crippen molar-refractivity contribution in [1.82, 2.24) is 0 Å². The number of hydrogen-bond acceptors (Lipinski definition) is 4. The van der Waals surface area contributed by atoms with E-state index in [2.05, 4.69) is 31.9 Å². The molecule has 0 saturated carbocycles. The molecule has 0 amide bonds. The largest absolute Gasteiger partial charge is 0.467 e. The van der Waals surface area contributed by atoms with E-state index in [0.29, 0.717) is 23.3 Å². The van der Waals surface area contributed by atoms with Crippen LogP contribution in [0.3, 0.4) is 0 Å². The van der Waals surface area contributed by atoms with Crippen LogP contribution in [0.15, 0.2) is 54.6 Å². The first kappa shape index (κ1) is 16.6. The molecular weight excluding hydrogens is 452 g/mol. The molecule has 0 spiro atoms. The van der Waals surface area contributed by atoms with E-state index in [0.717, 1.165) is 25.8 Å². The van der Waals surface area contributed by atoms with E-state index < -0.39 is 0 Å². The molecule has 0 N–H and O–H groups in total. The first-order chi connectivity index (χ1) is 12.1. The molecule has 0 radical (unpaired) electrons. The van der Waals surface area contributed by atoms with Gasteiger partial charge in [-0.15, -0.1) is 0 Å². The third-order valence-corrected chi connectivity index (χ3v) is 5.11. The Labute approximate surface area is 160 Å². The molecule has 2 aromatic carbocycles. The highest BCUT2D eigenvalue weighted by molar-refractivity contribution is 9.10. The molecule has 1 aliphatic heterocycles. The predicted molar refractivity (Wildman–Crippen MR) is 104 cm³/mol. The molecule has 2 heterocycles. The molecule has 0 saturated heterocycles. The van der Waals surface area contributed by atoms with Gasteiger partial charge in [-0.1, -0.05) is 31.9 Å². The van der Waals surface area contributed by atoms with Crippen LogP contribution in [0.25, 0.3) is 23.1 Å². The molecule has 4 nitrogen and oxygen atoms in total. The molecule has 0 atom stereocenters. The molecule has 1 aliphatic rings. The second-order valence-electron chi connectivity index (χ2n) is 5.54. The monoisotopic (exact) mass is 462 g/mol. The van der Waals surface area contributed by atoms with E-state index in [1.54, 1.807) is 18.2 Å². The first-order valence-electron chi connectivity index (χ1n) is 7.55. The quantitative estimate of drug-likeness (QED) is 0.513. The van der Waals surface area contributed by atoms with Gasteiger partial charge in [-0.2, -0.15) is 0 Å². The Hall–Kier alpha value is -1.89. The number of fused-ring (bicyclic) bond motifs is 2. The second-order valence-corrected chi connectivity index (χ2v) is 7.31. The summed E-state index contributed by atoms with van der Waals surface area (Å²) in [6, 6.07) is 10.7. The van der Waals surface area contributed by atoms with E-state index in [-0.39, 0.29) is 12.2 Å². The molecule has 126 valence electrons. The normalized spacial score (nSPS) is 13.8. The predicted octanol–water partition coefficient (Wildman–Crippen LogP) is 5.35. The summed E-state index contributed by atoms with van der Waals surface area (Å²) in [6.45, 7) is 0.733. The van der Waals surface area contributed by atoms with Crippen molar-refractivity contribution in [2.24, 2.45) is 0 Å². The summed E-state index contributed by atoms with van der Waals surface area (Å²) in [5, 5.41) is 0.548. The topological polar surface area (TPSA) is 48.7 Å². The zero-order valence-corrected chi connectivity index (χ0v) is 16.1. The Morgan fingerprint density at radius 2 is 1.92 bits per heavy atom. The Morgan fingerprint density at radius 3 is 2.80 bits per heavy atom. The Balaban J connectivity index is 1.77. The summed E-state index contributed by atoms with van der Waals surface area (Å²) >= 11 is 6.92. The van der Waals surface area contributed by atoms with Gasteiger partial charge < -0.3 is 13.9 Å². The molecule has 3 aromatic rings. The number of halogens is 2. The minimum Gasteiger partial charge on any atom is -0.467 e. The molecule has 25 heavy (non-hydrogen) atoms. The fourth-order valence-electron chi connectivity index (χ4n) is 2.72. The van der Waals surface area contributed by atoms with Gasteiger partial charge in [0.2, 0.25) is 0 Å². The van der Waals surface area contributed by atoms with Gasteiger partial charge in [0, 0.05) is 20.6 Å². The number of benzene rings is 2. The molecule has 0 fully saturated rings. The standard InChI is InChI=1S/C19H12Br2O4/c20-11-1-5-19-14(7-11)17(22)8-12(25-19)2-3-13-15-9-23-10-24-18(15)6-4-16(13)21/h1-8H,9-10H2/b3-2+. The van der Waals surface area contributed by atoms with E-state index in [4.69, 9.17) is 13.9 Å². The Bertz CT molecular complexity index is 1050. The maximum Gasteiger partial charge on any atom is 0.193 e. The van der Waals surface area contributed by atoms with Gasteiger partial charge in [-0.05, 0) is 48.0 Å². The van der Waals surface area contributed by atoms with Crippen LogP contribution in [0.4, 0.5) is 0 Å². The van der Waals surface area contributed by atoms with Gasteiger partial charge in [-0.3, -0.25) is 4.79 Å². The lowest BCUT2D eigenvalue weighted by molar-refractivity contribution is -0.0165. The minimum absolute atomic E-state index is 0.0805. The summed E-state index contributed by atoms with van der Waals surface area (Å²) in [7, 11) is 0. The van der Waals surface area contributed by atoms with Crippen molar-refractivity contribution in [2.45, 2.75) is 6.61 Å². The SMILES string of the molecule is O=c1cc(/C=C/c2c(Br)ccc3c2COCO3)oc2ccc(Br)cc12. The second kappa shape index (κ2) is 6.78. The highest BCUT2D eigenvalue weighted by atomic mass is 79.9. The van der Waals surface area contributed by atoms with Crippen molar-refractivity contribution < 1.29 is 13.9 Å². The van der Waals surface area contributed by atoms with Crippen molar-refractivity contribution in [3.05, 3.63) is 72.5 Å². The summed E-state index contributed by atoms with van der Waals surface area (Å²) < 4.78 is 18.5. The van der Waals surface area contributed by atoms with Gasteiger partial charge in [-0.25, -0.2) is 0 Å². The lowest BCUT2D eigenvalue weighted by atomic mass is 10.1. The molecule has 0 bridgehead atoms. The van der Waals surface area contributed by atoms with E-state index >= 15 is 0 Å². The van der Waals surface area contributed by atoms with Crippen LogP contribution in [-0.2, 0) is 11.3 Å². The fourth-order valence-corrected chi connectivity index (χ4v) is 3.59. The average Bonchev–Trinajstić information content (AvgIpc) is 2.61. The van der Waals surface area contributed by atoms with Crippen LogP contribution >= 0.6 is 31.9 Å². The van der Waals surface area contributed by atoms with Crippen molar-refractivity contribution in [2.75, 3.05) is 6.79 Å². The smallest absolute Gasteiger partial charge is 0.193 e. The van der Waals surface area contributed by atoms with Crippen molar-refractivity contribution in [3.8, 4) is 5.75 Å². The van der Waals surface area contributed by atoms with Crippen LogP contribution in [0.1, 0.15) is 16.9 Å². The summed E-state index contributed by atoms with van der Waals surface area (Å²) in [5.41, 5.74) is 2.37. The molecule has 6 heteroatoms. The van der Waals surface area contributed by atoms with E-state index in [9.17, 15) is 4.79 Å². The van der Waals surface area contributed by atoms with Crippen LogP contribution in [-0.4, -0.2) is 6.79 Å². The molecule has 0 aliphatic carbocycles. The van der Waals surface area contributed by atoms with Crippen molar-refractivity contribution in [3.63, 3.8) is 0 Å². The average molecular weight is 464 g/mol. The number of ether oxygens (including phenoxy) is 2. The van der Waals surface area contributed by atoms with Crippen molar-refractivity contribution in [1.29, 1.82) is 0 Å². The number of rotatable bonds is 2. The van der Waals surface area contributed by atoms with Gasteiger partial charge >= 0.3 is 0 Å². The molecular formula is C19H12Br2O4. The summed E-state index contributed by atoms with van der Waals surface area (Å²) in [6.07, 6.45) is 3.67. The lowest BCUT2D eigenvalue weighted by Gasteiger charge is -2.20. The van der Waals surface area contributed by atoms with E-state index in [1.807, 2.05) is 24.3 Å². The Kier molecular flexibility index (Phi) is 4.50. The van der Waals surface area contributed by atoms with Gasteiger partial charge in [0.15, 0.2) is 12.2 Å². The molecule has 4 rings (SSSR count). The number of hydrogen-bond donors (Lipinski definition) is 0. The zero-order valence-electron chi connectivity index (χ0n) is 12.9. The molecule has 1 aromatic heterocycles. The minimum atomic E-state index is -0.0805. The lowest BCUT2D eigenvalue weighted by Crippen LogP contribution is -2.12. The third kappa shape index (κ3) is 3.29. The van der Waals surface area contributed by atoms with Crippen LogP contribution in [0.5, 0.6) is 5.75 Å². The van der Waals surface area contributed by atoms with Gasteiger partial charge in [0.1, 0.15) is 17.1 Å². The summed E-state index contributed by atoms with van der Waals surface area (Å²) in [5.74, 6) is 1.29. The van der Waals surface area contributed by atoms with E-state index in [1.165, 1.54) is 6.07 Å². The highest BCUT2D eigenvalue weighted by Gasteiger charge is 2.15. The maximum absolute atomic E-state index is 12.3. The van der Waals surface area contributed by atoms with Gasteiger partial charge in [0.05, 0.1) is 12.0 Å². The fraction of sp³-hybridized carbons (Fsp3) is 0.105. The van der Waals surface area contributed by atoms with Crippen LogP contribution < -0.4 is 10.2 Å². The van der Waals surface area contributed by atoms with Crippen LogP contribution in [0, 0.1) is 0 Å². The zero-order chi connectivity index (χ0) is 17.4. The van der Waals surface area contributed by atoms with Gasteiger partial charge in [0.25, 0.3) is 0 Å². The Morgan fingerprint density at radius 1 is 1.04 bits per heavy atom. The summed E-state index contributed by atoms with van der Waals surface area (Å²) in [4.78, 5) is 12.3.